The number of aromatic hydroxyl groups is 1. The van der Waals surface area contributed by atoms with Crippen molar-refractivity contribution in [3.05, 3.63) is 78.4 Å². The second-order valence-corrected chi connectivity index (χ2v) is 5.83. The molecule has 3 rings (SSSR count). The van der Waals surface area contributed by atoms with Crippen LogP contribution < -0.4 is 15.4 Å². The number of para-hydroxylation sites is 2. The lowest BCUT2D eigenvalue weighted by atomic mass is 10.2. The van der Waals surface area contributed by atoms with Gasteiger partial charge >= 0.3 is 0 Å². The molecule has 0 heterocycles. The molecule has 0 unspecified atom stereocenters. The molecule has 0 aliphatic carbocycles. The number of benzene rings is 3. The number of carbonyl (C=O) groups is 1. The lowest BCUT2D eigenvalue weighted by Crippen LogP contribution is -2.07. The molecule has 5 nitrogen and oxygen atoms in total. The molecule has 0 radical (unpaired) electrons. The van der Waals surface area contributed by atoms with Gasteiger partial charge in [0.25, 0.3) is 0 Å². The first kappa shape index (κ1) is 17.4. The summed E-state index contributed by atoms with van der Waals surface area (Å²) < 4.78 is 5.90. The van der Waals surface area contributed by atoms with E-state index in [2.05, 4.69) is 10.6 Å². The molecule has 0 saturated carbocycles. The molecule has 1 amide bonds. The van der Waals surface area contributed by atoms with Crippen LogP contribution in [0.25, 0.3) is 0 Å². The van der Waals surface area contributed by atoms with Crippen LogP contribution in [0.5, 0.6) is 17.2 Å². The maximum atomic E-state index is 11.2. The topological polar surface area (TPSA) is 70.6 Å². The van der Waals surface area contributed by atoms with Crippen molar-refractivity contribution in [2.24, 2.45) is 0 Å². The van der Waals surface area contributed by atoms with Crippen LogP contribution >= 0.6 is 0 Å². The van der Waals surface area contributed by atoms with E-state index >= 15 is 0 Å². The number of nitrogens with one attached hydrogen (secondary N) is 2. The monoisotopic (exact) mass is 348 g/mol. The van der Waals surface area contributed by atoms with Crippen molar-refractivity contribution < 1.29 is 14.6 Å². The van der Waals surface area contributed by atoms with Crippen LogP contribution in [0.3, 0.4) is 0 Å². The van der Waals surface area contributed by atoms with Crippen LogP contribution in [0.15, 0.2) is 72.8 Å². The fraction of sp³-hybridized carbons (Fsp3) is 0.0952. The molecule has 0 spiro atoms. The van der Waals surface area contributed by atoms with E-state index < -0.39 is 0 Å². The number of anilines is 2. The maximum Gasteiger partial charge on any atom is 0.221 e. The van der Waals surface area contributed by atoms with E-state index in [4.69, 9.17) is 4.74 Å². The smallest absolute Gasteiger partial charge is 0.221 e. The second-order valence-electron chi connectivity index (χ2n) is 5.83. The standard InChI is InChI=1S/C21H20N2O3/c1-15(24)23-17-6-4-5-16(13-17)14-22-20-7-2-3-8-21(20)26-19-11-9-18(25)10-12-19/h2-13,22,25H,14H2,1H3,(H,23,24). The molecule has 3 aromatic rings. The first-order valence-electron chi connectivity index (χ1n) is 8.26. The first-order chi connectivity index (χ1) is 12.6. The number of carbonyl (C=O) groups excluding carboxylic acids is 1. The van der Waals surface area contributed by atoms with Gasteiger partial charge in [-0.25, -0.2) is 0 Å². The zero-order chi connectivity index (χ0) is 18.4. The van der Waals surface area contributed by atoms with Crippen LogP contribution in [0.1, 0.15) is 12.5 Å². The average Bonchev–Trinajstić information content (AvgIpc) is 2.63. The third-order valence-electron chi connectivity index (χ3n) is 3.68. The van der Waals surface area contributed by atoms with Crippen LogP contribution in [-0.4, -0.2) is 11.0 Å². The molecule has 0 aliphatic heterocycles. The Kier molecular flexibility index (Phi) is 5.39. The average molecular weight is 348 g/mol. The highest BCUT2D eigenvalue weighted by atomic mass is 16.5. The Morgan fingerprint density at radius 3 is 2.54 bits per heavy atom. The summed E-state index contributed by atoms with van der Waals surface area (Å²) in [4.78, 5) is 11.2. The quantitative estimate of drug-likeness (QED) is 0.601. The lowest BCUT2D eigenvalue weighted by Gasteiger charge is -2.13. The maximum absolute atomic E-state index is 11.2. The van der Waals surface area contributed by atoms with E-state index in [-0.39, 0.29) is 11.7 Å². The Labute approximate surface area is 152 Å². The molecule has 26 heavy (non-hydrogen) atoms. The van der Waals surface area contributed by atoms with Crippen LogP contribution in [0.4, 0.5) is 11.4 Å². The molecule has 3 aromatic carbocycles. The number of hydrogen-bond donors (Lipinski definition) is 3. The van der Waals surface area contributed by atoms with Crippen molar-refractivity contribution in [3.8, 4) is 17.2 Å². The Balaban J connectivity index is 1.70. The van der Waals surface area contributed by atoms with Crippen LogP contribution in [0, 0.1) is 0 Å². The summed E-state index contributed by atoms with van der Waals surface area (Å²) in [6.45, 7) is 2.07. The Bertz CT molecular complexity index is 892. The molecule has 0 aromatic heterocycles. The minimum Gasteiger partial charge on any atom is -0.508 e. The molecule has 5 heteroatoms. The van der Waals surface area contributed by atoms with Crippen molar-refractivity contribution in [2.45, 2.75) is 13.5 Å². The molecular weight excluding hydrogens is 328 g/mol. The molecule has 0 aliphatic rings. The van der Waals surface area contributed by atoms with Crippen LogP contribution in [-0.2, 0) is 11.3 Å². The van der Waals surface area contributed by atoms with Gasteiger partial charge in [0, 0.05) is 19.2 Å². The third-order valence-corrected chi connectivity index (χ3v) is 3.68. The van der Waals surface area contributed by atoms with Crippen molar-refractivity contribution >= 4 is 17.3 Å². The summed E-state index contributed by atoms with van der Waals surface area (Å²) in [5, 5.41) is 15.5. The van der Waals surface area contributed by atoms with Crippen LogP contribution in [0.2, 0.25) is 0 Å². The van der Waals surface area contributed by atoms with Gasteiger partial charge in [-0.15, -0.1) is 0 Å². The van der Waals surface area contributed by atoms with Crippen molar-refractivity contribution in [2.75, 3.05) is 10.6 Å². The molecular formula is C21H20N2O3. The number of phenols is 1. The van der Waals surface area contributed by atoms with Gasteiger partial charge in [0.1, 0.15) is 11.5 Å². The fourth-order valence-corrected chi connectivity index (χ4v) is 2.50. The second kappa shape index (κ2) is 8.07. The molecule has 0 bridgehead atoms. The largest absolute Gasteiger partial charge is 0.508 e. The molecule has 0 fully saturated rings. The van der Waals surface area contributed by atoms with Gasteiger partial charge in [-0.05, 0) is 54.1 Å². The SMILES string of the molecule is CC(=O)Nc1cccc(CNc2ccccc2Oc2ccc(O)cc2)c1. The highest BCUT2D eigenvalue weighted by Gasteiger charge is 2.05. The number of phenolic OH excluding ortho intramolecular Hbond substituents is 1. The summed E-state index contributed by atoms with van der Waals surface area (Å²) in [7, 11) is 0. The van der Waals surface area contributed by atoms with Crippen molar-refractivity contribution in [3.63, 3.8) is 0 Å². The van der Waals surface area contributed by atoms with Gasteiger partial charge < -0.3 is 20.5 Å². The summed E-state index contributed by atoms with van der Waals surface area (Å²) in [5.74, 6) is 1.44. The predicted octanol–water partition coefficient (Wildman–Crippen LogP) is 4.76. The van der Waals surface area contributed by atoms with E-state index in [1.807, 2.05) is 48.5 Å². The zero-order valence-corrected chi connectivity index (χ0v) is 14.4. The van der Waals surface area contributed by atoms with E-state index in [1.54, 1.807) is 24.3 Å². The molecule has 0 saturated heterocycles. The van der Waals surface area contributed by atoms with E-state index in [9.17, 15) is 9.90 Å². The van der Waals surface area contributed by atoms with E-state index in [0.717, 1.165) is 16.9 Å². The van der Waals surface area contributed by atoms with Gasteiger partial charge in [0.05, 0.1) is 5.69 Å². The van der Waals surface area contributed by atoms with Crippen molar-refractivity contribution in [1.82, 2.24) is 0 Å². The highest BCUT2D eigenvalue weighted by molar-refractivity contribution is 5.88. The summed E-state index contributed by atoms with van der Waals surface area (Å²) >= 11 is 0. The highest BCUT2D eigenvalue weighted by Crippen LogP contribution is 2.30. The van der Waals surface area contributed by atoms with Gasteiger partial charge in [-0.2, -0.15) is 0 Å². The summed E-state index contributed by atoms with van der Waals surface area (Å²) in [6, 6.07) is 21.9. The van der Waals surface area contributed by atoms with Crippen molar-refractivity contribution in [1.29, 1.82) is 0 Å². The molecule has 3 N–H and O–H groups in total. The van der Waals surface area contributed by atoms with E-state index in [1.165, 1.54) is 6.92 Å². The molecule has 132 valence electrons. The first-order valence-corrected chi connectivity index (χ1v) is 8.26. The number of hydrogen-bond acceptors (Lipinski definition) is 4. The van der Waals surface area contributed by atoms with E-state index in [0.29, 0.717) is 18.0 Å². The lowest BCUT2D eigenvalue weighted by molar-refractivity contribution is -0.114. The molecule has 0 atom stereocenters. The predicted molar refractivity (Wildman–Crippen MR) is 103 cm³/mol. The van der Waals surface area contributed by atoms with Gasteiger partial charge in [-0.3, -0.25) is 4.79 Å². The summed E-state index contributed by atoms with van der Waals surface area (Å²) in [6.07, 6.45) is 0. The third kappa shape index (κ3) is 4.77. The van der Waals surface area contributed by atoms with Gasteiger partial charge in [-0.1, -0.05) is 24.3 Å². The van der Waals surface area contributed by atoms with Gasteiger partial charge in [0.2, 0.25) is 5.91 Å². The Morgan fingerprint density at radius 2 is 1.77 bits per heavy atom. The number of amides is 1. The Hall–Kier alpha value is -3.47. The number of ether oxygens (including phenoxy) is 1. The Morgan fingerprint density at radius 1 is 1.00 bits per heavy atom. The normalized spacial score (nSPS) is 10.2. The fourth-order valence-electron chi connectivity index (χ4n) is 2.50. The van der Waals surface area contributed by atoms with Gasteiger partial charge in [0.15, 0.2) is 5.75 Å². The number of rotatable bonds is 6. The summed E-state index contributed by atoms with van der Waals surface area (Å²) in [5.41, 5.74) is 2.66. The minimum atomic E-state index is -0.0947. The zero-order valence-electron chi connectivity index (χ0n) is 14.4. The minimum absolute atomic E-state index is 0.0947.